The number of halogens is 1. The first-order chi connectivity index (χ1) is 7.61. The van der Waals surface area contributed by atoms with E-state index in [1.807, 2.05) is 24.8 Å². The highest BCUT2D eigenvalue weighted by atomic mass is 19.1. The minimum Gasteiger partial charge on any atom is -0.335 e. The third kappa shape index (κ3) is 1.94. The molecular formula is C13H16FNO. The first kappa shape index (κ1) is 11.1. The predicted octanol–water partition coefficient (Wildman–Crippen LogP) is 2.51. The van der Waals surface area contributed by atoms with Crippen LogP contribution in [0.15, 0.2) is 18.2 Å². The van der Waals surface area contributed by atoms with Crippen LogP contribution in [0.1, 0.15) is 31.4 Å². The first-order valence-electron chi connectivity index (χ1n) is 5.68. The number of nitrogens with zero attached hydrogens (tertiary/aromatic N) is 1. The van der Waals surface area contributed by atoms with Crippen LogP contribution in [0.2, 0.25) is 0 Å². The normalized spacial score (nSPS) is 19.4. The average Bonchev–Trinajstić information content (AvgIpc) is 2.28. The van der Waals surface area contributed by atoms with Gasteiger partial charge in [0.2, 0.25) is 5.91 Å². The van der Waals surface area contributed by atoms with Crippen LogP contribution >= 0.6 is 0 Å². The second kappa shape index (κ2) is 4.24. The summed E-state index contributed by atoms with van der Waals surface area (Å²) < 4.78 is 13.1. The largest absolute Gasteiger partial charge is 0.335 e. The molecule has 0 saturated carbocycles. The zero-order chi connectivity index (χ0) is 11.7. The quantitative estimate of drug-likeness (QED) is 0.713. The molecule has 0 spiro atoms. The Kier molecular flexibility index (Phi) is 2.95. The molecule has 1 aliphatic rings. The average molecular weight is 221 g/mol. The Balaban J connectivity index is 2.29. The Hall–Kier alpha value is -1.38. The lowest BCUT2D eigenvalue weighted by Gasteiger charge is -2.34. The molecule has 2 rings (SSSR count). The van der Waals surface area contributed by atoms with Gasteiger partial charge in [0.05, 0.1) is 0 Å². The predicted molar refractivity (Wildman–Crippen MR) is 60.4 cm³/mol. The molecule has 2 nitrogen and oxygen atoms in total. The Morgan fingerprint density at radius 1 is 1.50 bits per heavy atom. The molecule has 1 aliphatic heterocycles. The van der Waals surface area contributed by atoms with Crippen molar-refractivity contribution in [3.8, 4) is 0 Å². The van der Waals surface area contributed by atoms with Gasteiger partial charge in [0.25, 0.3) is 0 Å². The Morgan fingerprint density at radius 2 is 2.25 bits per heavy atom. The van der Waals surface area contributed by atoms with Crippen molar-refractivity contribution in [2.24, 2.45) is 0 Å². The molecular weight excluding hydrogens is 205 g/mol. The maximum Gasteiger partial charge on any atom is 0.222 e. The van der Waals surface area contributed by atoms with E-state index in [4.69, 9.17) is 0 Å². The molecule has 1 aromatic carbocycles. The molecule has 0 radical (unpaired) electrons. The van der Waals surface area contributed by atoms with Gasteiger partial charge in [0, 0.05) is 19.0 Å². The number of benzene rings is 1. The monoisotopic (exact) mass is 221 g/mol. The summed E-state index contributed by atoms with van der Waals surface area (Å²) in [7, 11) is 0. The van der Waals surface area contributed by atoms with E-state index in [-0.39, 0.29) is 17.8 Å². The third-order valence-electron chi connectivity index (χ3n) is 3.18. The van der Waals surface area contributed by atoms with Gasteiger partial charge in [-0.3, -0.25) is 4.79 Å². The summed E-state index contributed by atoms with van der Waals surface area (Å²) in [4.78, 5) is 13.5. The molecule has 0 aromatic heterocycles. The molecule has 0 fully saturated rings. The summed E-state index contributed by atoms with van der Waals surface area (Å²) in [6, 6.07) is 5.07. The van der Waals surface area contributed by atoms with Gasteiger partial charge >= 0.3 is 0 Å². The lowest BCUT2D eigenvalue weighted by molar-refractivity contribution is -0.133. The maximum absolute atomic E-state index is 13.1. The number of rotatable bonds is 1. The summed E-state index contributed by atoms with van der Waals surface area (Å²) >= 11 is 0. The van der Waals surface area contributed by atoms with Crippen molar-refractivity contribution in [3.63, 3.8) is 0 Å². The van der Waals surface area contributed by atoms with Crippen molar-refractivity contribution in [1.82, 2.24) is 4.90 Å². The van der Waals surface area contributed by atoms with Crippen molar-refractivity contribution in [2.45, 2.75) is 39.3 Å². The van der Waals surface area contributed by atoms with Crippen LogP contribution in [0.4, 0.5) is 4.39 Å². The molecule has 16 heavy (non-hydrogen) atoms. The number of fused-ring (bicyclic) bond motifs is 1. The first-order valence-corrected chi connectivity index (χ1v) is 5.68. The summed E-state index contributed by atoms with van der Waals surface area (Å²) in [6.45, 7) is 4.44. The van der Waals surface area contributed by atoms with Gasteiger partial charge in [0.15, 0.2) is 0 Å². The van der Waals surface area contributed by atoms with Crippen LogP contribution in [-0.4, -0.2) is 16.8 Å². The molecule has 3 heteroatoms. The fourth-order valence-corrected chi connectivity index (χ4v) is 2.25. The molecule has 0 saturated heterocycles. The van der Waals surface area contributed by atoms with E-state index in [9.17, 15) is 9.18 Å². The van der Waals surface area contributed by atoms with Crippen LogP contribution in [0.3, 0.4) is 0 Å². The SMILES string of the molecule is CCC(=O)N1Cc2cc(F)ccc2CC1C. The molecule has 0 aliphatic carbocycles. The second-order valence-electron chi connectivity index (χ2n) is 4.34. The van der Waals surface area contributed by atoms with Crippen LogP contribution in [0.5, 0.6) is 0 Å². The van der Waals surface area contributed by atoms with Crippen molar-refractivity contribution in [2.75, 3.05) is 0 Å². The van der Waals surface area contributed by atoms with E-state index in [1.165, 1.54) is 12.1 Å². The van der Waals surface area contributed by atoms with Crippen LogP contribution in [0, 0.1) is 5.82 Å². The van der Waals surface area contributed by atoms with E-state index < -0.39 is 0 Å². The van der Waals surface area contributed by atoms with E-state index in [2.05, 4.69) is 0 Å². The number of hydrogen-bond acceptors (Lipinski definition) is 1. The van der Waals surface area contributed by atoms with Gasteiger partial charge in [-0.1, -0.05) is 13.0 Å². The summed E-state index contributed by atoms with van der Waals surface area (Å²) in [5.74, 6) is -0.0837. The molecule has 1 heterocycles. The molecule has 1 atom stereocenters. The lowest BCUT2D eigenvalue weighted by atomic mass is 9.94. The van der Waals surface area contributed by atoms with Crippen molar-refractivity contribution in [3.05, 3.63) is 35.1 Å². The summed E-state index contributed by atoms with van der Waals surface area (Å²) in [5.41, 5.74) is 2.11. The lowest BCUT2D eigenvalue weighted by Crippen LogP contribution is -2.42. The van der Waals surface area contributed by atoms with Gasteiger partial charge in [-0.15, -0.1) is 0 Å². The highest BCUT2D eigenvalue weighted by Crippen LogP contribution is 2.24. The van der Waals surface area contributed by atoms with Gasteiger partial charge < -0.3 is 4.90 Å². The van der Waals surface area contributed by atoms with Gasteiger partial charge in [0.1, 0.15) is 5.82 Å². The van der Waals surface area contributed by atoms with Crippen LogP contribution < -0.4 is 0 Å². The van der Waals surface area contributed by atoms with Gasteiger partial charge in [-0.25, -0.2) is 4.39 Å². The minimum atomic E-state index is -0.225. The second-order valence-corrected chi connectivity index (χ2v) is 4.34. The third-order valence-corrected chi connectivity index (χ3v) is 3.18. The van der Waals surface area contributed by atoms with E-state index in [0.29, 0.717) is 13.0 Å². The van der Waals surface area contributed by atoms with Crippen molar-refractivity contribution < 1.29 is 9.18 Å². The topological polar surface area (TPSA) is 20.3 Å². The molecule has 0 bridgehead atoms. The highest BCUT2D eigenvalue weighted by molar-refractivity contribution is 5.76. The summed E-state index contributed by atoms with van der Waals surface area (Å²) in [6.07, 6.45) is 1.33. The fraction of sp³-hybridized carbons (Fsp3) is 0.462. The van der Waals surface area contributed by atoms with E-state index >= 15 is 0 Å². The van der Waals surface area contributed by atoms with Gasteiger partial charge in [-0.2, -0.15) is 0 Å². The minimum absolute atomic E-state index is 0.141. The van der Waals surface area contributed by atoms with Crippen molar-refractivity contribution >= 4 is 5.91 Å². The molecule has 86 valence electrons. The van der Waals surface area contributed by atoms with Crippen molar-refractivity contribution in [1.29, 1.82) is 0 Å². The molecule has 1 amide bonds. The smallest absolute Gasteiger partial charge is 0.222 e. The standard InChI is InChI=1S/C13H16FNO/c1-3-13(16)15-8-11-7-12(14)5-4-10(11)6-9(15)2/h4-5,7,9H,3,6,8H2,1-2H3. The number of carbonyl (C=O) groups excluding carboxylic acids is 1. The summed E-state index contributed by atoms with van der Waals surface area (Å²) in [5, 5.41) is 0. The molecule has 1 unspecified atom stereocenters. The maximum atomic E-state index is 13.1. The van der Waals surface area contributed by atoms with E-state index in [0.717, 1.165) is 17.5 Å². The van der Waals surface area contributed by atoms with E-state index in [1.54, 1.807) is 0 Å². The fourth-order valence-electron chi connectivity index (χ4n) is 2.25. The Morgan fingerprint density at radius 3 is 2.94 bits per heavy atom. The number of carbonyl (C=O) groups is 1. The van der Waals surface area contributed by atoms with Crippen LogP contribution in [0.25, 0.3) is 0 Å². The number of hydrogen-bond donors (Lipinski definition) is 0. The highest BCUT2D eigenvalue weighted by Gasteiger charge is 2.25. The Labute approximate surface area is 95.1 Å². The molecule has 1 aromatic rings. The molecule has 0 N–H and O–H groups in total. The van der Waals surface area contributed by atoms with Gasteiger partial charge in [-0.05, 0) is 36.6 Å². The zero-order valence-corrected chi connectivity index (χ0v) is 9.66. The Bertz CT molecular complexity index is 416. The number of amides is 1. The zero-order valence-electron chi connectivity index (χ0n) is 9.66. The van der Waals surface area contributed by atoms with Crippen LogP contribution in [-0.2, 0) is 17.8 Å².